The molecule has 3 aromatic heterocycles. The molecule has 0 spiro atoms. The molecule has 1 aromatic carbocycles. The first-order valence-electron chi connectivity index (χ1n) is 9.11. The van der Waals surface area contributed by atoms with E-state index >= 15 is 0 Å². The van der Waals surface area contributed by atoms with Crippen LogP contribution in [0.4, 0.5) is 0 Å². The molecule has 0 atom stereocenters. The van der Waals surface area contributed by atoms with E-state index in [4.69, 9.17) is 4.42 Å². The summed E-state index contributed by atoms with van der Waals surface area (Å²) in [4.78, 5) is 21.5. The van der Waals surface area contributed by atoms with Crippen molar-refractivity contribution in [2.24, 2.45) is 0 Å². The maximum atomic E-state index is 13.2. The van der Waals surface area contributed by atoms with Gasteiger partial charge in [0, 0.05) is 21.1 Å². The van der Waals surface area contributed by atoms with Crippen molar-refractivity contribution >= 4 is 29.0 Å². The summed E-state index contributed by atoms with van der Waals surface area (Å²) in [5.41, 5.74) is 1.78. The second-order valence-corrected chi connectivity index (χ2v) is 8.87. The molecule has 0 bridgehead atoms. The first-order valence-corrected chi connectivity index (χ1v) is 10.9. The van der Waals surface area contributed by atoms with Gasteiger partial charge in [-0.3, -0.25) is 9.89 Å². The van der Waals surface area contributed by atoms with Gasteiger partial charge < -0.3 is 9.32 Å². The van der Waals surface area contributed by atoms with Crippen LogP contribution in [-0.2, 0) is 18.8 Å². The number of rotatable bonds is 8. The Balaban J connectivity index is 1.46. The van der Waals surface area contributed by atoms with Gasteiger partial charge in [-0.1, -0.05) is 23.9 Å². The molecule has 6 nitrogen and oxygen atoms in total. The topological polar surface area (TPSA) is 75.0 Å². The molecule has 0 fully saturated rings. The van der Waals surface area contributed by atoms with Crippen LogP contribution in [0.3, 0.4) is 0 Å². The number of benzene rings is 1. The Morgan fingerprint density at radius 2 is 2.03 bits per heavy atom. The number of aryl methyl sites for hydroxylation is 1. The van der Waals surface area contributed by atoms with E-state index in [0.29, 0.717) is 18.7 Å². The molecule has 148 valence electrons. The summed E-state index contributed by atoms with van der Waals surface area (Å²) < 4.78 is 5.47. The predicted octanol–water partition coefficient (Wildman–Crippen LogP) is 4.90. The van der Waals surface area contributed by atoms with E-state index in [1.54, 1.807) is 29.4 Å². The monoisotopic (exact) mass is 424 g/mol. The number of carbonyl (C=O) groups is 1. The summed E-state index contributed by atoms with van der Waals surface area (Å²) in [6, 6.07) is 15.6. The Kier molecular flexibility index (Phi) is 6.12. The van der Waals surface area contributed by atoms with E-state index in [1.807, 2.05) is 41.3 Å². The lowest BCUT2D eigenvalue weighted by Gasteiger charge is -2.21. The van der Waals surface area contributed by atoms with Gasteiger partial charge in [0.25, 0.3) is 5.91 Å². The highest BCUT2D eigenvalue weighted by atomic mass is 32.2. The van der Waals surface area contributed by atoms with Crippen molar-refractivity contribution in [3.8, 4) is 0 Å². The Morgan fingerprint density at radius 1 is 1.17 bits per heavy atom. The molecule has 0 unspecified atom stereocenters. The Morgan fingerprint density at radius 3 is 2.69 bits per heavy atom. The lowest BCUT2D eigenvalue weighted by atomic mass is 10.1. The van der Waals surface area contributed by atoms with Gasteiger partial charge in [0.05, 0.1) is 19.4 Å². The number of thiophene rings is 1. The fraction of sp³-hybridized carbons (Fsp3) is 0.190. The third kappa shape index (κ3) is 5.16. The molecule has 0 aliphatic rings. The number of furan rings is 1. The van der Waals surface area contributed by atoms with E-state index in [0.717, 1.165) is 27.1 Å². The maximum Gasteiger partial charge on any atom is 0.254 e. The summed E-state index contributed by atoms with van der Waals surface area (Å²) >= 11 is 3.28. The first-order chi connectivity index (χ1) is 14.2. The lowest BCUT2D eigenvalue weighted by molar-refractivity contribution is 0.0719. The molecule has 0 radical (unpaired) electrons. The van der Waals surface area contributed by atoms with Crippen LogP contribution in [0, 0.1) is 6.92 Å². The SMILES string of the molecule is Cc1ccc(CN(Cc2ccco2)C(=O)c2ccc(CSc3ncn[nH]3)cc2)s1. The number of aromatic nitrogens is 3. The van der Waals surface area contributed by atoms with Crippen molar-refractivity contribution in [3.63, 3.8) is 0 Å². The van der Waals surface area contributed by atoms with Crippen molar-refractivity contribution in [1.29, 1.82) is 0 Å². The van der Waals surface area contributed by atoms with E-state index < -0.39 is 0 Å². The fourth-order valence-electron chi connectivity index (χ4n) is 2.89. The zero-order valence-electron chi connectivity index (χ0n) is 15.9. The zero-order chi connectivity index (χ0) is 20.1. The molecular weight excluding hydrogens is 404 g/mol. The average Bonchev–Trinajstić information content (AvgIpc) is 3.50. The van der Waals surface area contributed by atoms with Gasteiger partial charge in [0.2, 0.25) is 0 Å². The van der Waals surface area contributed by atoms with Gasteiger partial charge in [-0.15, -0.1) is 11.3 Å². The number of carbonyl (C=O) groups excluding carboxylic acids is 1. The molecular formula is C21H20N4O2S2. The molecule has 4 aromatic rings. The van der Waals surface area contributed by atoms with Crippen molar-refractivity contribution < 1.29 is 9.21 Å². The zero-order valence-corrected chi connectivity index (χ0v) is 17.5. The molecule has 3 heterocycles. The van der Waals surface area contributed by atoms with E-state index in [1.165, 1.54) is 11.2 Å². The van der Waals surface area contributed by atoms with Crippen molar-refractivity contribution in [1.82, 2.24) is 20.1 Å². The van der Waals surface area contributed by atoms with Gasteiger partial charge in [0.15, 0.2) is 5.16 Å². The first kappa shape index (κ1) is 19.5. The summed E-state index contributed by atoms with van der Waals surface area (Å²) in [7, 11) is 0. The average molecular weight is 425 g/mol. The van der Waals surface area contributed by atoms with Crippen LogP contribution in [-0.4, -0.2) is 26.0 Å². The van der Waals surface area contributed by atoms with E-state index in [9.17, 15) is 4.79 Å². The smallest absolute Gasteiger partial charge is 0.254 e. The molecule has 0 aliphatic carbocycles. The molecule has 0 aliphatic heterocycles. The number of H-pyrrole nitrogens is 1. The van der Waals surface area contributed by atoms with Gasteiger partial charge in [-0.2, -0.15) is 5.10 Å². The summed E-state index contributed by atoms with van der Waals surface area (Å²) in [6.45, 7) is 3.06. The van der Waals surface area contributed by atoms with Gasteiger partial charge in [0.1, 0.15) is 12.1 Å². The largest absolute Gasteiger partial charge is 0.467 e. The summed E-state index contributed by atoms with van der Waals surface area (Å²) in [5, 5.41) is 7.45. The Labute approximate surface area is 177 Å². The van der Waals surface area contributed by atoms with Crippen molar-refractivity contribution in [3.05, 3.63) is 87.8 Å². The predicted molar refractivity (Wildman–Crippen MR) is 114 cm³/mol. The number of hydrogen-bond donors (Lipinski definition) is 1. The fourth-order valence-corrected chi connectivity index (χ4v) is 4.53. The van der Waals surface area contributed by atoms with Gasteiger partial charge >= 0.3 is 0 Å². The van der Waals surface area contributed by atoms with Crippen LogP contribution in [0.2, 0.25) is 0 Å². The summed E-state index contributed by atoms with van der Waals surface area (Å²) in [5.74, 6) is 1.52. The minimum absolute atomic E-state index is 0.0121. The van der Waals surface area contributed by atoms with Crippen LogP contribution in [0.25, 0.3) is 0 Å². The van der Waals surface area contributed by atoms with Crippen LogP contribution >= 0.6 is 23.1 Å². The third-order valence-corrected chi connectivity index (χ3v) is 6.26. The Hall–Kier alpha value is -2.84. The molecule has 29 heavy (non-hydrogen) atoms. The van der Waals surface area contributed by atoms with Crippen molar-refractivity contribution in [2.75, 3.05) is 0 Å². The third-order valence-electron chi connectivity index (χ3n) is 4.33. The minimum Gasteiger partial charge on any atom is -0.467 e. The van der Waals surface area contributed by atoms with Gasteiger partial charge in [-0.25, -0.2) is 4.98 Å². The van der Waals surface area contributed by atoms with Gasteiger partial charge in [-0.05, 0) is 48.9 Å². The van der Waals surface area contributed by atoms with Crippen LogP contribution < -0.4 is 0 Å². The second kappa shape index (κ2) is 9.11. The molecule has 0 saturated carbocycles. The quantitative estimate of drug-likeness (QED) is 0.407. The number of nitrogens with zero attached hydrogens (tertiary/aromatic N) is 3. The standard InChI is InChI=1S/C21H20N4O2S2/c1-15-4-9-19(29-15)12-25(11-18-3-2-10-27-18)20(26)17-7-5-16(6-8-17)13-28-21-22-14-23-24-21/h2-10,14H,11-13H2,1H3,(H,22,23,24). The molecule has 0 saturated heterocycles. The number of thioether (sulfide) groups is 1. The highest BCUT2D eigenvalue weighted by Gasteiger charge is 2.18. The highest BCUT2D eigenvalue weighted by Crippen LogP contribution is 2.22. The van der Waals surface area contributed by atoms with Crippen LogP contribution in [0.1, 0.15) is 31.4 Å². The summed E-state index contributed by atoms with van der Waals surface area (Å²) in [6.07, 6.45) is 3.13. The second-order valence-electron chi connectivity index (χ2n) is 6.53. The van der Waals surface area contributed by atoms with Crippen LogP contribution in [0.5, 0.6) is 0 Å². The van der Waals surface area contributed by atoms with Crippen molar-refractivity contribution in [2.45, 2.75) is 30.9 Å². The van der Waals surface area contributed by atoms with E-state index in [-0.39, 0.29) is 5.91 Å². The number of nitrogens with one attached hydrogen (secondary N) is 1. The molecule has 4 rings (SSSR count). The Bertz CT molecular complexity index is 1040. The van der Waals surface area contributed by atoms with E-state index in [2.05, 4.69) is 34.2 Å². The number of amides is 1. The number of aromatic amines is 1. The molecule has 1 N–H and O–H groups in total. The maximum absolute atomic E-state index is 13.2. The minimum atomic E-state index is -0.0121. The van der Waals surface area contributed by atoms with Crippen LogP contribution in [0.15, 0.2) is 70.7 Å². The molecule has 1 amide bonds. The lowest BCUT2D eigenvalue weighted by Crippen LogP contribution is -2.29. The number of hydrogen-bond acceptors (Lipinski definition) is 6. The normalized spacial score (nSPS) is 10.9. The highest BCUT2D eigenvalue weighted by molar-refractivity contribution is 7.98. The molecule has 8 heteroatoms.